The number of hydrogen-bond donors (Lipinski definition) is 1. The topological polar surface area (TPSA) is 46.5 Å². The van der Waals surface area contributed by atoms with Gasteiger partial charge in [0.25, 0.3) is 0 Å². The van der Waals surface area contributed by atoms with E-state index in [-0.39, 0.29) is 5.92 Å². The molecule has 1 N–H and O–H groups in total. The molecule has 0 amide bonds. The Morgan fingerprint density at radius 2 is 1.23 bits per heavy atom. The van der Waals surface area contributed by atoms with Gasteiger partial charge in [0, 0.05) is 0 Å². The average Bonchev–Trinajstić information content (AvgIpc) is 2.62. The molecule has 0 rings (SSSR count). The Bertz CT molecular complexity index is 325. The SMILES string of the molecule is CCCCCCCCCCCCOC(=O)C(C)(O)C(C)CCCCCC. The standard InChI is InChI=1S/C23H46O3/c1-5-7-9-11-12-13-14-15-16-18-20-26-22(24)23(4,25)21(3)19-17-10-8-6-2/h21,25H,5-20H2,1-4H3. The third kappa shape index (κ3) is 12.7. The first-order valence-corrected chi connectivity index (χ1v) is 11.4. The maximum atomic E-state index is 12.2. The van der Waals surface area contributed by atoms with Crippen molar-refractivity contribution in [1.29, 1.82) is 0 Å². The summed E-state index contributed by atoms with van der Waals surface area (Å²) in [4.78, 5) is 12.2. The fourth-order valence-corrected chi connectivity index (χ4v) is 3.26. The Morgan fingerprint density at radius 1 is 0.808 bits per heavy atom. The van der Waals surface area contributed by atoms with Crippen LogP contribution in [0.4, 0.5) is 0 Å². The molecule has 0 aromatic carbocycles. The van der Waals surface area contributed by atoms with Crippen molar-refractivity contribution in [1.82, 2.24) is 0 Å². The molecule has 2 atom stereocenters. The molecule has 156 valence electrons. The summed E-state index contributed by atoms with van der Waals surface area (Å²) >= 11 is 0. The van der Waals surface area contributed by atoms with Gasteiger partial charge in [0.15, 0.2) is 5.60 Å². The normalized spacial score (nSPS) is 14.8. The van der Waals surface area contributed by atoms with Crippen LogP contribution in [-0.4, -0.2) is 23.3 Å². The molecule has 0 fully saturated rings. The Kier molecular flexibility index (Phi) is 16.2. The third-order valence-electron chi connectivity index (χ3n) is 5.59. The van der Waals surface area contributed by atoms with E-state index in [4.69, 9.17) is 4.74 Å². The fourth-order valence-electron chi connectivity index (χ4n) is 3.26. The van der Waals surface area contributed by atoms with Gasteiger partial charge in [-0.15, -0.1) is 0 Å². The summed E-state index contributed by atoms with van der Waals surface area (Å²) in [7, 11) is 0. The average molecular weight is 371 g/mol. The van der Waals surface area contributed by atoms with Crippen molar-refractivity contribution in [2.45, 2.75) is 130 Å². The number of unbranched alkanes of at least 4 members (excludes halogenated alkanes) is 12. The van der Waals surface area contributed by atoms with Crippen molar-refractivity contribution in [3.63, 3.8) is 0 Å². The van der Waals surface area contributed by atoms with Gasteiger partial charge in [-0.05, 0) is 25.7 Å². The lowest BCUT2D eigenvalue weighted by molar-refractivity contribution is -0.169. The minimum absolute atomic E-state index is 0.0560. The van der Waals surface area contributed by atoms with Crippen LogP contribution in [0.2, 0.25) is 0 Å². The van der Waals surface area contributed by atoms with Crippen molar-refractivity contribution in [2.75, 3.05) is 6.61 Å². The number of aliphatic hydroxyl groups is 1. The second-order valence-corrected chi connectivity index (χ2v) is 8.22. The molecular weight excluding hydrogens is 324 g/mol. The molecule has 0 spiro atoms. The summed E-state index contributed by atoms with van der Waals surface area (Å²) in [6.45, 7) is 8.44. The van der Waals surface area contributed by atoms with Crippen LogP contribution in [0.25, 0.3) is 0 Å². The Balaban J connectivity index is 3.67. The van der Waals surface area contributed by atoms with Crippen LogP contribution in [-0.2, 0) is 9.53 Å². The second-order valence-electron chi connectivity index (χ2n) is 8.22. The van der Waals surface area contributed by atoms with Gasteiger partial charge in [-0.1, -0.05) is 104 Å². The molecule has 0 bridgehead atoms. The van der Waals surface area contributed by atoms with E-state index in [9.17, 15) is 9.90 Å². The highest BCUT2D eigenvalue weighted by atomic mass is 16.5. The molecular formula is C23H46O3. The highest BCUT2D eigenvalue weighted by Crippen LogP contribution is 2.24. The maximum absolute atomic E-state index is 12.2. The van der Waals surface area contributed by atoms with Gasteiger partial charge < -0.3 is 9.84 Å². The Hall–Kier alpha value is -0.570. The van der Waals surface area contributed by atoms with E-state index in [2.05, 4.69) is 13.8 Å². The van der Waals surface area contributed by atoms with Crippen LogP contribution in [0.5, 0.6) is 0 Å². The number of esters is 1. The molecule has 0 aromatic heterocycles. The van der Waals surface area contributed by atoms with Gasteiger partial charge in [-0.25, -0.2) is 4.79 Å². The van der Waals surface area contributed by atoms with Crippen molar-refractivity contribution < 1.29 is 14.6 Å². The van der Waals surface area contributed by atoms with Crippen molar-refractivity contribution in [3.05, 3.63) is 0 Å². The zero-order chi connectivity index (χ0) is 19.7. The summed E-state index contributed by atoms with van der Waals surface area (Å²) in [5.74, 6) is -0.504. The summed E-state index contributed by atoms with van der Waals surface area (Å²) < 4.78 is 5.34. The minimum atomic E-state index is -1.36. The first-order valence-electron chi connectivity index (χ1n) is 11.4. The summed E-state index contributed by atoms with van der Waals surface area (Å²) in [5.41, 5.74) is -1.36. The van der Waals surface area contributed by atoms with Gasteiger partial charge in [-0.3, -0.25) is 0 Å². The maximum Gasteiger partial charge on any atom is 0.338 e. The number of hydrogen-bond acceptors (Lipinski definition) is 3. The summed E-state index contributed by atoms with van der Waals surface area (Å²) in [6, 6.07) is 0. The van der Waals surface area contributed by atoms with E-state index >= 15 is 0 Å². The van der Waals surface area contributed by atoms with E-state index in [0.717, 1.165) is 25.7 Å². The van der Waals surface area contributed by atoms with E-state index in [1.165, 1.54) is 70.6 Å². The van der Waals surface area contributed by atoms with E-state index in [1.54, 1.807) is 6.92 Å². The summed E-state index contributed by atoms with van der Waals surface area (Å²) in [5, 5.41) is 10.5. The second kappa shape index (κ2) is 16.6. The van der Waals surface area contributed by atoms with Crippen molar-refractivity contribution in [2.24, 2.45) is 5.92 Å². The van der Waals surface area contributed by atoms with Crippen LogP contribution in [0.3, 0.4) is 0 Å². The minimum Gasteiger partial charge on any atom is -0.464 e. The Labute approximate surface area is 163 Å². The van der Waals surface area contributed by atoms with E-state index in [1.807, 2.05) is 6.92 Å². The first kappa shape index (κ1) is 25.4. The highest BCUT2D eigenvalue weighted by Gasteiger charge is 2.37. The molecule has 0 radical (unpaired) electrons. The summed E-state index contributed by atoms with van der Waals surface area (Å²) in [6.07, 6.45) is 18.2. The monoisotopic (exact) mass is 370 g/mol. The molecule has 3 nitrogen and oxygen atoms in total. The largest absolute Gasteiger partial charge is 0.464 e. The molecule has 0 aromatic rings. The predicted molar refractivity (Wildman–Crippen MR) is 111 cm³/mol. The zero-order valence-electron chi connectivity index (χ0n) is 18.2. The van der Waals surface area contributed by atoms with Crippen LogP contribution < -0.4 is 0 Å². The van der Waals surface area contributed by atoms with E-state index in [0.29, 0.717) is 6.61 Å². The van der Waals surface area contributed by atoms with Gasteiger partial charge in [0.2, 0.25) is 0 Å². The van der Waals surface area contributed by atoms with Crippen molar-refractivity contribution >= 4 is 5.97 Å². The molecule has 3 heteroatoms. The van der Waals surface area contributed by atoms with Gasteiger partial charge in [0.05, 0.1) is 6.61 Å². The Morgan fingerprint density at radius 3 is 1.73 bits per heavy atom. The molecule has 0 saturated carbocycles. The van der Waals surface area contributed by atoms with Crippen LogP contribution in [0.15, 0.2) is 0 Å². The zero-order valence-corrected chi connectivity index (χ0v) is 18.2. The molecule has 0 saturated heterocycles. The predicted octanol–water partition coefficient (Wildman–Crippen LogP) is 6.81. The number of ether oxygens (including phenoxy) is 1. The third-order valence-corrected chi connectivity index (χ3v) is 5.59. The fraction of sp³-hybridized carbons (Fsp3) is 0.957. The molecule has 0 aliphatic carbocycles. The number of rotatable bonds is 18. The smallest absolute Gasteiger partial charge is 0.338 e. The van der Waals surface area contributed by atoms with E-state index < -0.39 is 11.6 Å². The van der Waals surface area contributed by atoms with Crippen LogP contribution in [0, 0.1) is 5.92 Å². The first-order chi connectivity index (χ1) is 12.5. The van der Waals surface area contributed by atoms with Gasteiger partial charge >= 0.3 is 5.97 Å². The molecule has 0 aliphatic rings. The lowest BCUT2D eigenvalue weighted by Gasteiger charge is -2.28. The lowest BCUT2D eigenvalue weighted by Crippen LogP contribution is -2.43. The number of carbonyl (C=O) groups is 1. The van der Waals surface area contributed by atoms with Crippen LogP contribution in [0.1, 0.15) is 124 Å². The molecule has 26 heavy (non-hydrogen) atoms. The highest BCUT2D eigenvalue weighted by molar-refractivity contribution is 5.79. The lowest BCUT2D eigenvalue weighted by atomic mass is 9.86. The molecule has 2 unspecified atom stereocenters. The molecule has 0 aliphatic heterocycles. The quantitative estimate of drug-likeness (QED) is 0.213. The van der Waals surface area contributed by atoms with Gasteiger partial charge in [-0.2, -0.15) is 0 Å². The molecule has 0 heterocycles. The number of carbonyl (C=O) groups excluding carboxylic acids is 1. The van der Waals surface area contributed by atoms with Gasteiger partial charge in [0.1, 0.15) is 0 Å². The van der Waals surface area contributed by atoms with Crippen molar-refractivity contribution in [3.8, 4) is 0 Å². The van der Waals surface area contributed by atoms with Crippen LogP contribution >= 0.6 is 0 Å².